The SMILES string of the molecule is C[C@H](Nc1nccc(N2C(=O)OC[C@@H]2C2CC2)n1)c1ccc(CN2CCC(N(C)C)C(F)(F)C2)c(F)c1. The number of piperidine rings is 1. The monoisotopic (exact) mass is 518 g/mol. The van der Waals surface area contributed by atoms with Gasteiger partial charge in [0.15, 0.2) is 0 Å². The lowest BCUT2D eigenvalue weighted by Crippen LogP contribution is -2.56. The molecule has 1 aliphatic carbocycles. The van der Waals surface area contributed by atoms with Crippen LogP contribution in [0, 0.1) is 11.7 Å². The predicted molar refractivity (Wildman–Crippen MR) is 133 cm³/mol. The first-order chi connectivity index (χ1) is 17.6. The van der Waals surface area contributed by atoms with E-state index in [9.17, 15) is 18.0 Å². The molecular weight excluding hydrogens is 485 g/mol. The maximum absolute atomic E-state index is 15.0. The van der Waals surface area contributed by atoms with Gasteiger partial charge in [-0.1, -0.05) is 12.1 Å². The second-order valence-electron chi connectivity index (χ2n) is 10.5. The molecule has 2 aromatic rings. The molecule has 1 aromatic heterocycles. The molecule has 3 heterocycles. The molecule has 1 saturated carbocycles. The largest absolute Gasteiger partial charge is 0.447 e. The first-order valence-electron chi connectivity index (χ1n) is 12.7. The molecule has 3 atom stereocenters. The Morgan fingerprint density at radius 2 is 2.03 bits per heavy atom. The van der Waals surface area contributed by atoms with E-state index in [0.717, 1.165) is 12.8 Å². The highest BCUT2D eigenvalue weighted by Gasteiger charge is 2.46. The molecule has 0 bridgehead atoms. The molecule has 11 heteroatoms. The standard InChI is InChI=1S/C26H33F3N6O2/c1-16(31-24-30-10-8-23(32-24)35-21(17-4-5-17)14-37-25(35)36)18-6-7-19(20(27)12-18)13-34-11-9-22(33(2)3)26(28,29)15-34/h6-8,10,12,16-17,21-22H,4-5,9,11,13-15H2,1-3H3,(H,30,31,32)/t16-,21+,22?/m0/s1. The van der Waals surface area contributed by atoms with Gasteiger partial charge in [0.2, 0.25) is 5.95 Å². The Labute approximate surface area is 214 Å². The maximum Gasteiger partial charge on any atom is 0.415 e. The first-order valence-corrected chi connectivity index (χ1v) is 12.7. The molecule has 3 aliphatic rings. The molecule has 8 nitrogen and oxygen atoms in total. The summed E-state index contributed by atoms with van der Waals surface area (Å²) in [5, 5.41) is 3.17. The smallest absolute Gasteiger partial charge is 0.415 e. The Balaban J connectivity index is 1.23. The average Bonchev–Trinajstić information content (AvgIpc) is 3.61. The van der Waals surface area contributed by atoms with Crippen LogP contribution in [0.25, 0.3) is 0 Å². The second kappa shape index (κ2) is 10.1. The van der Waals surface area contributed by atoms with E-state index in [1.54, 1.807) is 53.2 Å². The number of likely N-dealkylation sites (tertiary alicyclic amines) is 1. The molecule has 1 amide bonds. The van der Waals surface area contributed by atoms with Crippen molar-refractivity contribution in [1.29, 1.82) is 0 Å². The summed E-state index contributed by atoms with van der Waals surface area (Å²) >= 11 is 0. The summed E-state index contributed by atoms with van der Waals surface area (Å²) in [5.41, 5.74) is 1.05. The maximum atomic E-state index is 15.0. The summed E-state index contributed by atoms with van der Waals surface area (Å²) in [6.07, 6.45) is 3.64. The zero-order chi connectivity index (χ0) is 26.3. The van der Waals surface area contributed by atoms with Gasteiger partial charge in [-0.05, 0) is 63.9 Å². The summed E-state index contributed by atoms with van der Waals surface area (Å²) in [7, 11) is 3.32. The predicted octanol–water partition coefficient (Wildman–Crippen LogP) is 4.30. The number of carbonyl (C=O) groups excluding carboxylic acids is 1. The minimum Gasteiger partial charge on any atom is -0.447 e. The van der Waals surface area contributed by atoms with Crippen LogP contribution in [0.2, 0.25) is 0 Å². The molecule has 5 rings (SSSR count). The van der Waals surface area contributed by atoms with Crippen LogP contribution in [0.15, 0.2) is 30.5 Å². The lowest BCUT2D eigenvalue weighted by molar-refractivity contribution is -0.119. The second-order valence-corrected chi connectivity index (χ2v) is 10.5. The average molecular weight is 519 g/mol. The summed E-state index contributed by atoms with van der Waals surface area (Å²) in [6, 6.07) is 5.38. The molecular formula is C26H33F3N6O2. The molecule has 1 aromatic carbocycles. The van der Waals surface area contributed by atoms with Crippen molar-refractivity contribution in [2.75, 3.05) is 44.0 Å². The van der Waals surface area contributed by atoms with Crippen LogP contribution >= 0.6 is 0 Å². The first kappa shape index (κ1) is 25.7. The van der Waals surface area contributed by atoms with Gasteiger partial charge in [0.25, 0.3) is 5.92 Å². The van der Waals surface area contributed by atoms with Gasteiger partial charge in [-0.3, -0.25) is 9.80 Å². The Bertz CT molecular complexity index is 1150. The fourth-order valence-corrected chi connectivity index (χ4v) is 5.33. The number of ether oxygens (including phenoxy) is 1. The molecule has 3 fully saturated rings. The highest BCUT2D eigenvalue weighted by Crippen LogP contribution is 2.39. The Hall–Kier alpha value is -2.92. The van der Waals surface area contributed by atoms with Crippen molar-refractivity contribution in [3.63, 3.8) is 0 Å². The fraction of sp³-hybridized carbons (Fsp3) is 0.577. The summed E-state index contributed by atoms with van der Waals surface area (Å²) < 4.78 is 49.3. The fourth-order valence-electron chi connectivity index (χ4n) is 5.33. The molecule has 2 aliphatic heterocycles. The number of cyclic esters (lactones) is 1. The summed E-state index contributed by atoms with van der Waals surface area (Å²) in [6.45, 7) is 2.44. The van der Waals surface area contributed by atoms with Crippen LogP contribution in [0.1, 0.15) is 43.4 Å². The topological polar surface area (TPSA) is 73.8 Å². The molecule has 37 heavy (non-hydrogen) atoms. The quantitative estimate of drug-likeness (QED) is 0.559. The van der Waals surface area contributed by atoms with E-state index < -0.39 is 30.4 Å². The molecule has 2 saturated heterocycles. The third-order valence-corrected chi connectivity index (χ3v) is 7.54. The number of aromatic nitrogens is 2. The van der Waals surface area contributed by atoms with Crippen molar-refractivity contribution < 1.29 is 22.7 Å². The number of hydrogen-bond donors (Lipinski definition) is 1. The lowest BCUT2D eigenvalue weighted by Gasteiger charge is -2.41. The van der Waals surface area contributed by atoms with Gasteiger partial charge in [-0.25, -0.2) is 22.9 Å². The lowest BCUT2D eigenvalue weighted by atomic mass is 9.98. The number of rotatable bonds is 8. The number of amides is 1. The van der Waals surface area contributed by atoms with Crippen molar-refractivity contribution in [2.45, 2.75) is 56.8 Å². The van der Waals surface area contributed by atoms with Crippen LogP contribution < -0.4 is 10.2 Å². The summed E-state index contributed by atoms with van der Waals surface area (Å²) in [4.78, 5) is 25.8. The van der Waals surface area contributed by atoms with Gasteiger partial charge in [0, 0.05) is 24.8 Å². The van der Waals surface area contributed by atoms with E-state index in [4.69, 9.17) is 4.74 Å². The van der Waals surface area contributed by atoms with E-state index in [0.29, 0.717) is 48.4 Å². The number of alkyl halides is 2. The van der Waals surface area contributed by atoms with Crippen molar-refractivity contribution in [3.8, 4) is 0 Å². The van der Waals surface area contributed by atoms with Gasteiger partial charge in [-0.15, -0.1) is 0 Å². The van der Waals surface area contributed by atoms with Crippen LogP contribution in [0.4, 0.5) is 29.7 Å². The molecule has 1 unspecified atom stereocenters. The van der Waals surface area contributed by atoms with Crippen molar-refractivity contribution in [1.82, 2.24) is 19.8 Å². The molecule has 0 radical (unpaired) electrons. The van der Waals surface area contributed by atoms with E-state index in [2.05, 4.69) is 15.3 Å². The number of nitrogens with zero attached hydrogens (tertiary/aromatic N) is 5. The molecule has 200 valence electrons. The van der Waals surface area contributed by atoms with Gasteiger partial charge in [0.05, 0.1) is 24.7 Å². The van der Waals surface area contributed by atoms with Gasteiger partial charge in [-0.2, -0.15) is 4.98 Å². The van der Waals surface area contributed by atoms with Crippen LogP contribution in [-0.2, 0) is 11.3 Å². The van der Waals surface area contributed by atoms with Crippen molar-refractivity contribution >= 4 is 17.9 Å². The van der Waals surface area contributed by atoms with Crippen molar-refractivity contribution in [2.24, 2.45) is 5.92 Å². The minimum atomic E-state index is -2.85. The zero-order valence-electron chi connectivity index (χ0n) is 21.3. The highest BCUT2D eigenvalue weighted by atomic mass is 19.3. The van der Waals surface area contributed by atoms with E-state index in [-0.39, 0.29) is 18.6 Å². The number of carbonyl (C=O) groups is 1. The number of nitrogens with one attached hydrogen (secondary N) is 1. The third kappa shape index (κ3) is 5.52. The zero-order valence-corrected chi connectivity index (χ0v) is 21.3. The summed E-state index contributed by atoms with van der Waals surface area (Å²) in [5.74, 6) is -2.07. The number of benzene rings is 1. The number of halogens is 3. The Kier molecular flexibility index (Phi) is 7.01. The molecule has 0 spiro atoms. The van der Waals surface area contributed by atoms with Crippen LogP contribution in [-0.4, -0.2) is 77.7 Å². The third-order valence-electron chi connectivity index (χ3n) is 7.54. The van der Waals surface area contributed by atoms with E-state index in [1.807, 2.05) is 6.92 Å². The van der Waals surface area contributed by atoms with E-state index in [1.165, 1.54) is 6.07 Å². The molecule has 1 N–H and O–H groups in total. The normalized spacial score (nSPS) is 24.8. The Morgan fingerprint density at radius 3 is 2.70 bits per heavy atom. The van der Waals surface area contributed by atoms with Crippen LogP contribution in [0.5, 0.6) is 0 Å². The van der Waals surface area contributed by atoms with Gasteiger partial charge in [0.1, 0.15) is 18.2 Å². The number of hydrogen-bond acceptors (Lipinski definition) is 7. The van der Waals surface area contributed by atoms with Crippen LogP contribution in [0.3, 0.4) is 0 Å². The minimum absolute atomic E-state index is 0.0112. The Morgan fingerprint density at radius 1 is 1.24 bits per heavy atom. The highest BCUT2D eigenvalue weighted by molar-refractivity contribution is 5.89. The van der Waals surface area contributed by atoms with Gasteiger partial charge >= 0.3 is 6.09 Å². The van der Waals surface area contributed by atoms with E-state index >= 15 is 0 Å². The number of anilines is 2. The van der Waals surface area contributed by atoms with Gasteiger partial charge < -0.3 is 15.0 Å². The van der Waals surface area contributed by atoms with Crippen molar-refractivity contribution in [3.05, 3.63) is 47.4 Å².